The largest absolute Gasteiger partial charge is 0.497 e. The zero-order valence-electron chi connectivity index (χ0n) is 14.1. The first-order valence-electron chi connectivity index (χ1n) is 8.10. The van der Waals surface area contributed by atoms with Crippen molar-refractivity contribution < 1.29 is 9.53 Å². The third kappa shape index (κ3) is 4.67. The van der Waals surface area contributed by atoms with Crippen LogP contribution in [0.2, 0.25) is 0 Å². The lowest BCUT2D eigenvalue weighted by atomic mass is 10.1. The zero-order chi connectivity index (χ0) is 17.5. The molecule has 0 aliphatic heterocycles. The summed E-state index contributed by atoms with van der Waals surface area (Å²) in [6, 6.07) is 17.7. The van der Waals surface area contributed by atoms with Gasteiger partial charge in [-0.25, -0.2) is 4.68 Å². The Labute approximate surface area is 146 Å². The van der Waals surface area contributed by atoms with Gasteiger partial charge in [-0.2, -0.15) is 0 Å². The van der Waals surface area contributed by atoms with Crippen LogP contribution in [-0.2, 0) is 13.0 Å². The lowest BCUT2D eigenvalue weighted by molar-refractivity contribution is 0.0949. The fourth-order valence-corrected chi connectivity index (χ4v) is 2.45. The van der Waals surface area contributed by atoms with Gasteiger partial charge in [-0.1, -0.05) is 47.7 Å². The minimum atomic E-state index is -0.215. The molecule has 6 heteroatoms. The fraction of sp³-hybridized carbons (Fsp3) is 0.211. The van der Waals surface area contributed by atoms with Gasteiger partial charge in [0.2, 0.25) is 0 Å². The summed E-state index contributed by atoms with van der Waals surface area (Å²) in [6.45, 7) is 1.13. The first kappa shape index (κ1) is 16.7. The molecule has 1 amide bonds. The first-order valence-corrected chi connectivity index (χ1v) is 8.10. The smallest absolute Gasteiger partial charge is 0.273 e. The van der Waals surface area contributed by atoms with E-state index in [-0.39, 0.29) is 5.91 Å². The van der Waals surface area contributed by atoms with E-state index in [1.165, 1.54) is 0 Å². The topological polar surface area (TPSA) is 69.0 Å². The summed E-state index contributed by atoms with van der Waals surface area (Å²) in [5.74, 6) is 0.607. The van der Waals surface area contributed by atoms with Gasteiger partial charge in [0.25, 0.3) is 5.91 Å². The van der Waals surface area contributed by atoms with Gasteiger partial charge in [0, 0.05) is 6.54 Å². The molecule has 0 aliphatic carbocycles. The zero-order valence-corrected chi connectivity index (χ0v) is 14.1. The average molecular weight is 336 g/mol. The number of carbonyl (C=O) groups is 1. The molecule has 2 aromatic carbocycles. The van der Waals surface area contributed by atoms with Crippen molar-refractivity contribution in [2.75, 3.05) is 13.7 Å². The molecule has 1 aromatic heterocycles. The molecule has 0 saturated carbocycles. The van der Waals surface area contributed by atoms with Crippen molar-refractivity contribution in [2.24, 2.45) is 0 Å². The van der Waals surface area contributed by atoms with E-state index in [1.807, 2.05) is 54.6 Å². The van der Waals surface area contributed by atoms with Gasteiger partial charge in [0.15, 0.2) is 5.69 Å². The predicted molar refractivity (Wildman–Crippen MR) is 94.6 cm³/mol. The third-order valence-electron chi connectivity index (χ3n) is 3.82. The van der Waals surface area contributed by atoms with E-state index in [9.17, 15) is 4.79 Å². The van der Waals surface area contributed by atoms with Gasteiger partial charge in [-0.3, -0.25) is 4.79 Å². The van der Waals surface area contributed by atoms with Gasteiger partial charge in [0.05, 0.1) is 19.9 Å². The second kappa shape index (κ2) is 8.10. The predicted octanol–water partition coefficient (Wildman–Crippen LogP) is 2.31. The number of nitrogens with one attached hydrogen (secondary N) is 1. The van der Waals surface area contributed by atoms with Crippen molar-refractivity contribution in [2.45, 2.75) is 13.0 Å². The van der Waals surface area contributed by atoms with E-state index in [4.69, 9.17) is 4.74 Å². The van der Waals surface area contributed by atoms with Crippen molar-refractivity contribution in [1.82, 2.24) is 20.3 Å². The van der Waals surface area contributed by atoms with Gasteiger partial charge >= 0.3 is 0 Å². The Hall–Kier alpha value is -3.15. The number of benzene rings is 2. The highest BCUT2D eigenvalue weighted by Crippen LogP contribution is 2.11. The molecule has 0 aliphatic rings. The number of nitrogens with zero attached hydrogens (tertiary/aromatic N) is 3. The van der Waals surface area contributed by atoms with E-state index in [0.717, 1.165) is 23.3 Å². The minimum Gasteiger partial charge on any atom is -0.497 e. The van der Waals surface area contributed by atoms with Gasteiger partial charge in [-0.05, 0) is 29.7 Å². The van der Waals surface area contributed by atoms with Crippen molar-refractivity contribution >= 4 is 5.91 Å². The van der Waals surface area contributed by atoms with Crippen LogP contribution < -0.4 is 10.1 Å². The monoisotopic (exact) mass is 336 g/mol. The lowest BCUT2D eigenvalue weighted by Gasteiger charge is -2.04. The Balaban J connectivity index is 1.49. The van der Waals surface area contributed by atoms with Crippen LogP contribution in [0.1, 0.15) is 21.6 Å². The number of hydrogen-bond donors (Lipinski definition) is 1. The number of rotatable bonds is 7. The summed E-state index contributed by atoms with van der Waals surface area (Å²) in [5.41, 5.74) is 2.57. The molecule has 0 bridgehead atoms. The van der Waals surface area contributed by atoms with Crippen LogP contribution in [-0.4, -0.2) is 34.6 Å². The van der Waals surface area contributed by atoms with Crippen molar-refractivity contribution in [1.29, 1.82) is 0 Å². The molecule has 0 saturated heterocycles. The fourth-order valence-electron chi connectivity index (χ4n) is 2.45. The lowest BCUT2D eigenvalue weighted by Crippen LogP contribution is -2.26. The number of hydrogen-bond acceptors (Lipinski definition) is 4. The van der Waals surface area contributed by atoms with E-state index < -0.39 is 0 Å². The number of ether oxygens (including phenoxy) is 1. The Bertz CT molecular complexity index is 813. The molecule has 0 atom stereocenters. The summed E-state index contributed by atoms with van der Waals surface area (Å²) in [6.07, 6.45) is 2.41. The summed E-state index contributed by atoms with van der Waals surface area (Å²) in [5, 5.41) is 10.8. The summed E-state index contributed by atoms with van der Waals surface area (Å²) >= 11 is 0. The highest BCUT2D eigenvalue weighted by molar-refractivity contribution is 5.91. The molecule has 0 fully saturated rings. The molecule has 0 unspecified atom stereocenters. The van der Waals surface area contributed by atoms with Crippen LogP contribution in [0, 0.1) is 0 Å². The highest BCUT2D eigenvalue weighted by Gasteiger charge is 2.10. The van der Waals surface area contributed by atoms with Crippen LogP contribution in [0.4, 0.5) is 0 Å². The van der Waals surface area contributed by atoms with Gasteiger partial charge in [-0.15, -0.1) is 5.10 Å². The van der Waals surface area contributed by atoms with Crippen molar-refractivity contribution in [3.8, 4) is 5.75 Å². The quantitative estimate of drug-likeness (QED) is 0.719. The second-order valence-electron chi connectivity index (χ2n) is 5.64. The van der Waals surface area contributed by atoms with Crippen LogP contribution >= 0.6 is 0 Å². The minimum absolute atomic E-state index is 0.215. The maximum atomic E-state index is 12.2. The Morgan fingerprint density at radius 2 is 1.84 bits per heavy atom. The molecule has 3 aromatic rings. The Morgan fingerprint density at radius 3 is 2.56 bits per heavy atom. The number of amides is 1. The Kier molecular flexibility index (Phi) is 5.41. The summed E-state index contributed by atoms with van der Waals surface area (Å²) < 4.78 is 6.79. The summed E-state index contributed by atoms with van der Waals surface area (Å²) in [4.78, 5) is 12.2. The molecule has 0 spiro atoms. The number of carbonyl (C=O) groups excluding carboxylic acids is 1. The molecule has 3 rings (SSSR count). The molecule has 0 radical (unpaired) electrons. The normalized spacial score (nSPS) is 10.4. The maximum absolute atomic E-state index is 12.2. The van der Waals surface area contributed by atoms with E-state index >= 15 is 0 Å². The van der Waals surface area contributed by atoms with Crippen LogP contribution in [0.5, 0.6) is 5.75 Å². The SMILES string of the molecule is COc1ccc(CCNC(=O)c2cn(Cc3ccccc3)nn2)cc1. The van der Waals surface area contributed by atoms with Crippen molar-refractivity contribution in [3.63, 3.8) is 0 Å². The number of methoxy groups -OCH3 is 1. The summed E-state index contributed by atoms with van der Waals surface area (Å²) in [7, 11) is 1.64. The molecular formula is C19H20N4O2. The molecule has 128 valence electrons. The molecule has 1 N–H and O–H groups in total. The van der Waals surface area contributed by atoms with Crippen molar-refractivity contribution in [3.05, 3.63) is 77.6 Å². The average Bonchev–Trinajstić information content (AvgIpc) is 3.12. The molecule has 1 heterocycles. The first-order chi connectivity index (χ1) is 12.2. The van der Waals surface area contributed by atoms with E-state index in [2.05, 4.69) is 15.6 Å². The molecule has 6 nitrogen and oxygen atoms in total. The third-order valence-corrected chi connectivity index (χ3v) is 3.82. The van der Waals surface area contributed by atoms with E-state index in [1.54, 1.807) is 18.0 Å². The highest BCUT2D eigenvalue weighted by atomic mass is 16.5. The van der Waals surface area contributed by atoms with Crippen LogP contribution in [0.3, 0.4) is 0 Å². The van der Waals surface area contributed by atoms with Gasteiger partial charge < -0.3 is 10.1 Å². The van der Waals surface area contributed by atoms with Gasteiger partial charge in [0.1, 0.15) is 5.75 Å². The number of aromatic nitrogens is 3. The second-order valence-corrected chi connectivity index (χ2v) is 5.64. The van der Waals surface area contributed by atoms with Crippen LogP contribution in [0.15, 0.2) is 60.8 Å². The van der Waals surface area contributed by atoms with E-state index in [0.29, 0.717) is 18.8 Å². The molecular weight excluding hydrogens is 316 g/mol. The van der Waals surface area contributed by atoms with Crippen LogP contribution in [0.25, 0.3) is 0 Å². The standard InChI is InChI=1S/C19H20N4O2/c1-25-17-9-7-15(8-10-17)11-12-20-19(24)18-14-23(22-21-18)13-16-5-3-2-4-6-16/h2-10,14H,11-13H2,1H3,(H,20,24). The Morgan fingerprint density at radius 1 is 1.08 bits per heavy atom. The molecule has 25 heavy (non-hydrogen) atoms. The maximum Gasteiger partial charge on any atom is 0.273 e.